The Hall–Kier alpha value is -1.62. The van der Waals surface area contributed by atoms with Crippen molar-refractivity contribution in [3.8, 4) is 0 Å². The molecule has 1 N–H and O–H groups in total. The van der Waals surface area contributed by atoms with E-state index in [4.69, 9.17) is 4.74 Å². The molecule has 0 saturated carbocycles. The first-order chi connectivity index (χ1) is 10.1. The number of nitrogens with one attached hydrogen (secondary N) is 1. The number of rotatable bonds is 3. The quantitative estimate of drug-likeness (QED) is 0.931. The zero-order chi connectivity index (χ0) is 14.9. The SMILES string of the molecule is CC1(C2CCNCC2)COC(=O)N1Cc1ccc(F)cc1. The minimum Gasteiger partial charge on any atom is -0.447 e. The van der Waals surface area contributed by atoms with Crippen LogP contribution in [0.15, 0.2) is 24.3 Å². The Bertz CT molecular complexity index is 514. The maximum absolute atomic E-state index is 13.0. The Morgan fingerprint density at radius 1 is 1.33 bits per heavy atom. The summed E-state index contributed by atoms with van der Waals surface area (Å²) in [5.74, 6) is 0.175. The number of halogens is 1. The summed E-state index contributed by atoms with van der Waals surface area (Å²) in [6.45, 7) is 4.99. The molecule has 1 atom stereocenters. The summed E-state index contributed by atoms with van der Waals surface area (Å²) in [6, 6.07) is 6.31. The molecule has 4 nitrogen and oxygen atoms in total. The Kier molecular flexibility index (Phi) is 3.85. The number of ether oxygens (including phenoxy) is 1. The van der Waals surface area contributed by atoms with Gasteiger partial charge in [-0.1, -0.05) is 12.1 Å². The van der Waals surface area contributed by atoms with Crippen molar-refractivity contribution in [1.82, 2.24) is 10.2 Å². The van der Waals surface area contributed by atoms with Crippen molar-refractivity contribution in [2.45, 2.75) is 31.8 Å². The number of cyclic esters (lactones) is 1. The second-order valence-corrected chi connectivity index (χ2v) is 6.15. The van der Waals surface area contributed by atoms with Crippen LogP contribution in [0.1, 0.15) is 25.3 Å². The van der Waals surface area contributed by atoms with Gasteiger partial charge in [0.05, 0.1) is 5.54 Å². The third-order valence-electron chi connectivity index (χ3n) is 4.80. The maximum Gasteiger partial charge on any atom is 0.410 e. The van der Waals surface area contributed by atoms with Gasteiger partial charge in [0.2, 0.25) is 0 Å². The summed E-state index contributed by atoms with van der Waals surface area (Å²) in [7, 11) is 0. The van der Waals surface area contributed by atoms with Crippen LogP contribution in [0.2, 0.25) is 0 Å². The predicted molar refractivity (Wildman–Crippen MR) is 77.3 cm³/mol. The number of carbonyl (C=O) groups is 1. The highest BCUT2D eigenvalue weighted by molar-refractivity contribution is 5.71. The van der Waals surface area contributed by atoms with Crippen molar-refractivity contribution in [1.29, 1.82) is 0 Å². The van der Waals surface area contributed by atoms with Crippen LogP contribution in [0.3, 0.4) is 0 Å². The Morgan fingerprint density at radius 2 is 2.00 bits per heavy atom. The number of carbonyl (C=O) groups excluding carboxylic acids is 1. The van der Waals surface area contributed by atoms with E-state index in [1.807, 2.05) is 4.90 Å². The molecule has 1 aromatic carbocycles. The fourth-order valence-electron chi connectivity index (χ4n) is 3.37. The molecule has 2 aliphatic heterocycles. The summed E-state index contributed by atoms with van der Waals surface area (Å²) in [5, 5.41) is 3.35. The van der Waals surface area contributed by atoms with Crippen LogP contribution in [0, 0.1) is 11.7 Å². The molecule has 2 saturated heterocycles. The molecule has 5 heteroatoms. The van der Waals surface area contributed by atoms with Gasteiger partial charge in [-0.15, -0.1) is 0 Å². The summed E-state index contributed by atoms with van der Waals surface area (Å²) in [4.78, 5) is 13.9. The minimum absolute atomic E-state index is 0.260. The molecular weight excluding hydrogens is 271 g/mol. The van der Waals surface area contributed by atoms with E-state index in [2.05, 4.69) is 12.2 Å². The summed E-state index contributed by atoms with van der Waals surface area (Å²) in [6.07, 6.45) is 1.83. The van der Waals surface area contributed by atoms with E-state index in [0.29, 0.717) is 19.1 Å². The molecule has 0 radical (unpaired) electrons. The molecule has 2 aliphatic rings. The number of hydrogen-bond donors (Lipinski definition) is 1. The van der Waals surface area contributed by atoms with Gasteiger partial charge in [0, 0.05) is 6.54 Å². The van der Waals surface area contributed by atoms with Crippen LogP contribution in [-0.2, 0) is 11.3 Å². The first-order valence-electron chi connectivity index (χ1n) is 7.49. The van der Waals surface area contributed by atoms with Gasteiger partial charge in [-0.2, -0.15) is 0 Å². The third-order valence-corrected chi connectivity index (χ3v) is 4.80. The lowest BCUT2D eigenvalue weighted by atomic mass is 9.79. The molecule has 0 aromatic heterocycles. The van der Waals surface area contributed by atoms with Gasteiger partial charge in [0.15, 0.2) is 0 Å². The Balaban J connectivity index is 1.79. The highest BCUT2D eigenvalue weighted by Crippen LogP contribution is 2.37. The van der Waals surface area contributed by atoms with Gasteiger partial charge in [-0.05, 0) is 56.5 Å². The van der Waals surface area contributed by atoms with Crippen LogP contribution in [-0.4, -0.2) is 36.2 Å². The molecule has 2 fully saturated rings. The van der Waals surface area contributed by atoms with Crippen LogP contribution in [0.5, 0.6) is 0 Å². The topological polar surface area (TPSA) is 41.6 Å². The zero-order valence-corrected chi connectivity index (χ0v) is 12.3. The number of piperidine rings is 1. The summed E-state index contributed by atoms with van der Waals surface area (Å²) >= 11 is 0. The highest BCUT2D eigenvalue weighted by Gasteiger charge is 2.48. The first-order valence-corrected chi connectivity index (χ1v) is 7.49. The highest BCUT2D eigenvalue weighted by atomic mass is 19.1. The number of benzene rings is 1. The molecule has 0 bridgehead atoms. The Morgan fingerprint density at radius 3 is 2.67 bits per heavy atom. The lowest BCUT2D eigenvalue weighted by Crippen LogP contribution is -2.52. The van der Waals surface area contributed by atoms with E-state index in [-0.39, 0.29) is 17.4 Å². The molecule has 3 rings (SSSR count). The second-order valence-electron chi connectivity index (χ2n) is 6.15. The van der Waals surface area contributed by atoms with Gasteiger partial charge in [-0.3, -0.25) is 4.90 Å². The fraction of sp³-hybridized carbons (Fsp3) is 0.562. The number of amides is 1. The summed E-state index contributed by atoms with van der Waals surface area (Å²) < 4.78 is 18.3. The van der Waals surface area contributed by atoms with Crippen molar-refractivity contribution in [2.75, 3.05) is 19.7 Å². The summed E-state index contributed by atoms with van der Waals surface area (Å²) in [5.41, 5.74) is 0.656. The van der Waals surface area contributed by atoms with E-state index >= 15 is 0 Å². The van der Waals surface area contributed by atoms with Crippen molar-refractivity contribution in [3.05, 3.63) is 35.6 Å². The normalized spacial score (nSPS) is 27.0. The molecule has 114 valence electrons. The van der Waals surface area contributed by atoms with Crippen LogP contribution < -0.4 is 5.32 Å². The van der Waals surface area contributed by atoms with Crippen molar-refractivity contribution in [2.24, 2.45) is 5.92 Å². The average Bonchev–Trinajstić information content (AvgIpc) is 2.80. The van der Waals surface area contributed by atoms with E-state index in [1.54, 1.807) is 12.1 Å². The van der Waals surface area contributed by atoms with Crippen molar-refractivity contribution >= 4 is 6.09 Å². The second kappa shape index (κ2) is 5.64. The van der Waals surface area contributed by atoms with Crippen LogP contribution in [0.25, 0.3) is 0 Å². The van der Waals surface area contributed by atoms with E-state index in [1.165, 1.54) is 12.1 Å². The van der Waals surface area contributed by atoms with Gasteiger partial charge < -0.3 is 10.1 Å². The molecule has 1 unspecified atom stereocenters. The fourth-order valence-corrected chi connectivity index (χ4v) is 3.37. The largest absolute Gasteiger partial charge is 0.447 e. The van der Waals surface area contributed by atoms with Crippen molar-refractivity contribution < 1.29 is 13.9 Å². The third kappa shape index (κ3) is 2.75. The standard InChI is InChI=1S/C16H21FN2O2/c1-16(13-6-8-18-9-7-13)11-21-15(20)19(16)10-12-2-4-14(17)5-3-12/h2-5,13,18H,6-11H2,1H3. The molecular formula is C16H21FN2O2. The van der Waals surface area contributed by atoms with Gasteiger partial charge in [0.1, 0.15) is 12.4 Å². The Labute approximate surface area is 124 Å². The van der Waals surface area contributed by atoms with E-state index < -0.39 is 0 Å². The van der Waals surface area contributed by atoms with Crippen LogP contribution in [0.4, 0.5) is 9.18 Å². The van der Waals surface area contributed by atoms with E-state index in [0.717, 1.165) is 31.5 Å². The predicted octanol–water partition coefficient (Wildman–Crippen LogP) is 2.54. The van der Waals surface area contributed by atoms with Gasteiger partial charge in [-0.25, -0.2) is 9.18 Å². The van der Waals surface area contributed by atoms with Gasteiger partial charge >= 0.3 is 6.09 Å². The number of hydrogen-bond acceptors (Lipinski definition) is 3. The lowest BCUT2D eigenvalue weighted by Gasteiger charge is -2.41. The van der Waals surface area contributed by atoms with E-state index in [9.17, 15) is 9.18 Å². The lowest BCUT2D eigenvalue weighted by molar-refractivity contribution is 0.0889. The molecule has 2 heterocycles. The smallest absolute Gasteiger partial charge is 0.410 e. The first kappa shape index (κ1) is 14.3. The minimum atomic E-state index is -0.270. The maximum atomic E-state index is 13.0. The van der Waals surface area contributed by atoms with Crippen molar-refractivity contribution in [3.63, 3.8) is 0 Å². The monoisotopic (exact) mass is 292 g/mol. The molecule has 1 amide bonds. The average molecular weight is 292 g/mol. The molecule has 21 heavy (non-hydrogen) atoms. The molecule has 0 aliphatic carbocycles. The molecule has 1 aromatic rings. The van der Waals surface area contributed by atoms with Crippen LogP contribution >= 0.6 is 0 Å². The zero-order valence-electron chi connectivity index (χ0n) is 12.3. The molecule has 0 spiro atoms. The number of nitrogens with zero attached hydrogens (tertiary/aromatic N) is 1. The van der Waals surface area contributed by atoms with Gasteiger partial charge in [0.25, 0.3) is 0 Å².